The molecule has 4 unspecified atom stereocenters. The summed E-state index contributed by atoms with van der Waals surface area (Å²) in [5, 5.41) is 43.6. The van der Waals surface area contributed by atoms with E-state index in [1.54, 1.807) is 0 Å². The van der Waals surface area contributed by atoms with Crippen molar-refractivity contribution in [3.05, 3.63) is 24.3 Å². The highest BCUT2D eigenvalue weighted by Crippen LogP contribution is 2.16. The quantitative estimate of drug-likeness (QED) is 0.0332. The summed E-state index contributed by atoms with van der Waals surface area (Å²) in [6, 6.07) is -0.982. The first-order chi connectivity index (χ1) is 23.5. The van der Waals surface area contributed by atoms with Gasteiger partial charge in [-0.25, -0.2) is 0 Å². The predicted molar refractivity (Wildman–Crippen MR) is 205 cm³/mol. The van der Waals surface area contributed by atoms with Gasteiger partial charge in [-0.1, -0.05) is 192 Å². The average Bonchev–Trinajstić information content (AvgIpc) is 3.09. The van der Waals surface area contributed by atoms with Gasteiger partial charge in [-0.05, 0) is 38.5 Å². The van der Waals surface area contributed by atoms with Crippen LogP contribution in [0.4, 0.5) is 0 Å². The second kappa shape index (κ2) is 37.1. The van der Waals surface area contributed by atoms with Crippen LogP contribution < -0.4 is 5.32 Å². The lowest BCUT2D eigenvalue weighted by atomic mass is 9.99. The molecule has 0 spiro atoms. The molecular weight excluding hydrogens is 598 g/mol. The molecule has 0 bridgehead atoms. The highest BCUT2D eigenvalue weighted by molar-refractivity contribution is 5.80. The Bertz CT molecular complexity index is 727. The average molecular weight is 680 g/mol. The van der Waals surface area contributed by atoms with Crippen molar-refractivity contribution in [1.29, 1.82) is 0 Å². The van der Waals surface area contributed by atoms with Gasteiger partial charge in [0.1, 0.15) is 12.2 Å². The van der Waals surface area contributed by atoms with E-state index < -0.39 is 36.9 Å². The molecular formula is C42H81NO5. The Labute approximate surface area is 297 Å². The molecule has 6 heteroatoms. The van der Waals surface area contributed by atoms with E-state index >= 15 is 0 Å². The molecule has 0 aliphatic carbocycles. The number of aliphatic hydroxyl groups excluding tert-OH is 4. The number of nitrogens with one attached hydrogen (secondary N) is 1. The van der Waals surface area contributed by atoms with Crippen LogP contribution in [-0.2, 0) is 4.79 Å². The molecule has 0 saturated carbocycles. The molecule has 48 heavy (non-hydrogen) atoms. The summed E-state index contributed by atoms with van der Waals surface area (Å²) in [4.78, 5) is 12.5. The maximum Gasteiger partial charge on any atom is 0.249 e. The minimum atomic E-state index is -1.26. The van der Waals surface area contributed by atoms with E-state index in [9.17, 15) is 25.2 Å². The molecule has 0 rings (SSSR count). The van der Waals surface area contributed by atoms with Gasteiger partial charge in [0, 0.05) is 0 Å². The van der Waals surface area contributed by atoms with Crippen molar-refractivity contribution in [3.63, 3.8) is 0 Å². The number of unbranched alkanes of at least 4 members (excludes halogenated alkanes) is 24. The zero-order valence-electron chi connectivity index (χ0n) is 31.7. The van der Waals surface area contributed by atoms with E-state index in [1.807, 2.05) is 0 Å². The second-order valence-electron chi connectivity index (χ2n) is 14.3. The summed E-state index contributed by atoms with van der Waals surface area (Å²) in [6.45, 7) is 3.94. The monoisotopic (exact) mass is 680 g/mol. The molecule has 0 radical (unpaired) electrons. The van der Waals surface area contributed by atoms with Crippen LogP contribution in [0.5, 0.6) is 0 Å². The van der Waals surface area contributed by atoms with Crippen molar-refractivity contribution in [1.82, 2.24) is 5.32 Å². The van der Waals surface area contributed by atoms with E-state index in [-0.39, 0.29) is 0 Å². The molecule has 0 saturated heterocycles. The Morgan fingerprint density at radius 3 is 1.42 bits per heavy atom. The van der Waals surface area contributed by atoms with Crippen molar-refractivity contribution < 1.29 is 25.2 Å². The molecule has 0 aromatic heterocycles. The Kier molecular flexibility index (Phi) is 36.1. The molecule has 0 aliphatic heterocycles. The summed E-state index contributed by atoms with van der Waals surface area (Å²) in [7, 11) is 0. The van der Waals surface area contributed by atoms with Crippen molar-refractivity contribution in [2.24, 2.45) is 0 Å². The number of aliphatic hydroxyl groups is 4. The van der Waals surface area contributed by atoms with Gasteiger partial charge in [0.25, 0.3) is 0 Å². The SMILES string of the molecule is CC/C=C\C/C=C\CCCCCCCCCCCCCCCC(O)C(=O)NC(CO)C(O)C(O)CCCCCCCCCCCCCC. The molecule has 4 atom stereocenters. The molecule has 6 nitrogen and oxygen atoms in total. The van der Waals surface area contributed by atoms with Crippen LogP contribution in [0, 0.1) is 0 Å². The Morgan fingerprint density at radius 1 is 0.542 bits per heavy atom. The number of hydrogen-bond donors (Lipinski definition) is 5. The fourth-order valence-corrected chi connectivity index (χ4v) is 6.38. The van der Waals surface area contributed by atoms with Crippen molar-refractivity contribution >= 4 is 5.91 Å². The summed E-state index contributed by atoms with van der Waals surface area (Å²) >= 11 is 0. The van der Waals surface area contributed by atoms with E-state index in [0.717, 1.165) is 51.4 Å². The van der Waals surface area contributed by atoms with Gasteiger partial charge in [-0.2, -0.15) is 0 Å². The second-order valence-corrected chi connectivity index (χ2v) is 14.3. The fourth-order valence-electron chi connectivity index (χ4n) is 6.38. The smallest absolute Gasteiger partial charge is 0.249 e. The minimum Gasteiger partial charge on any atom is -0.394 e. The van der Waals surface area contributed by atoms with Gasteiger partial charge < -0.3 is 25.7 Å². The maximum atomic E-state index is 12.5. The number of carbonyl (C=O) groups excluding carboxylic acids is 1. The van der Waals surface area contributed by atoms with Crippen LogP contribution in [0.2, 0.25) is 0 Å². The van der Waals surface area contributed by atoms with Crippen LogP contribution in [0.15, 0.2) is 24.3 Å². The maximum absolute atomic E-state index is 12.5. The van der Waals surface area contributed by atoms with Crippen LogP contribution in [0.3, 0.4) is 0 Å². The van der Waals surface area contributed by atoms with E-state index in [1.165, 1.54) is 128 Å². The first-order valence-corrected chi connectivity index (χ1v) is 20.7. The minimum absolute atomic E-state index is 0.369. The predicted octanol–water partition coefficient (Wildman–Crippen LogP) is 10.4. The van der Waals surface area contributed by atoms with Crippen molar-refractivity contribution in [3.8, 4) is 0 Å². The van der Waals surface area contributed by atoms with Gasteiger partial charge in [0.2, 0.25) is 5.91 Å². The summed E-state index contributed by atoms with van der Waals surface area (Å²) in [5.74, 6) is -0.585. The van der Waals surface area contributed by atoms with Gasteiger partial charge >= 0.3 is 0 Å². The Morgan fingerprint density at radius 2 is 0.958 bits per heavy atom. The Hall–Kier alpha value is -1.21. The third kappa shape index (κ3) is 30.8. The molecule has 0 aromatic carbocycles. The first kappa shape index (κ1) is 46.8. The van der Waals surface area contributed by atoms with E-state index in [2.05, 4.69) is 43.5 Å². The lowest BCUT2D eigenvalue weighted by Gasteiger charge is -2.27. The van der Waals surface area contributed by atoms with E-state index in [0.29, 0.717) is 12.8 Å². The summed E-state index contributed by atoms with van der Waals surface area (Å²) < 4.78 is 0. The van der Waals surface area contributed by atoms with Crippen LogP contribution in [-0.4, -0.2) is 57.3 Å². The van der Waals surface area contributed by atoms with Gasteiger partial charge in [-0.3, -0.25) is 4.79 Å². The highest BCUT2D eigenvalue weighted by atomic mass is 16.3. The van der Waals surface area contributed by atoms with Gasteiger partial charge in [0.05, 0.1) is 18.8 Å². The molecule has 1 amide bonds. The van der Waals surface area contributed by atoms with E-state index in [4.69, 9.17) is 0 Å². The normalized spacial score (nSPS) is 14.5. The standard InChI is InChI=1S/C42H81NO5/c1-3-5-7-9-11-13-15-17-18-19-20-21-22-23-24-26-28-30-32-34-36-40(46)42(48)43-38(37-44)41(47)39(45)35-33-31-29-27-25-16-14-12-10-8-6-4-2/h5,7,11,13,38-41,44-47H,3-4,6,8-10,12,14-37H2,1-2H3,(H,43,48)/b7-5-,13-11-. The third-order valence-electron chi connectivity index (χ3n) is 9.68. The highest BCUT2D eigenvalue weighted by Gasteiger charge is 2.28. The molecule has 0 aromatic rings. The number of carbonyl (C=O) groups is 1. The lowest BCUT2D eigenvalue weighted by Crippen LogP contribution is -2.53. The fraction of sp³-hybridized carbons (Fsp3) is 0.881. The number of amides is 1. The van der Waals surface area contributed by atoms with Crippen LogP contribution >= 0.6 is 0 Å². The lowest BCUT2D eigenvalue weighted by molar-refractivity contribution is -0.132. The van der Waals surface area contributed by atoms with Crippen LogP contribution in [0.1, 0.15) is 206 Å². The topological polar surface area (TPSA) is 110 Å². The zero-order valence-corrected chi connectivity index (χ0v) is 31.7. The number of hydrogen-bond acceptors (Lipinski definition) is 5. The first-order valence-electron chi connectivity index (χ1n) is 20.7. The van der Waals surface area contributed by atoms with Crippen molar-refractivity contribution in [2.75, 3.05) is 6.61 Å². The molecule has 284 valence electrons. The number of rotatable bonds is 37. The molecule has 0 fully saturated rings. The van der Waals surface area contributed by atoms with Crippen molar-refractivity contribution in [2.45, 2.75) is 231 Å². The third-order valence-corrected chi connectivity index (χ3v) is 9.68. The van der Waals surface area contributed by atoms with Gasteiger partial charge in [0.15, 0.2) is 0 Å². The molecule has 5 N–H and O–H groups in total. The number of allylic oxidation sites excluding steroid dienone is 4. The summed E-state index contributed by atoms with van der Waals surface area (Å²) in [6.07, 6.45) is 40.6. The Balaban J connectivity index is 3.72. The zero-order chi connectivity index (χ0) is 35.3. The molecule has 0 heterocycles. The summed E-state index contributed by atoms with van der Waals surface area (Å²) in [5.41, 5.74) is 0. The van der Waals surface area contributed by atoms with Crippen LogP contribution in [0.25, 0.3) is 0 Å². The van der Waals surface area contributed by atoms with Gasteiger partial charge in [-0.15, -0.1) is 0 Å². The largest absolute Gasteiger partial charge is 0.394 e. The molecule has 0 aliphatic rings.